The van der Waals surface area contributed by atoms with Crippen molar-refractivity contribution in [3.63, 3.8) is 0 Å². The van der Waals surface area contributed by atoms with Crippen molar-refractivity contribution in [1.29, 1.82) is 0 Å². The summed E-state index contributed by atoms with van der Waals surface area (Å²) in [6.07, 6.45) is 3.17. The van der Waals surface area contributed by atoms with Crippen LogP contribution in [0.15, 0.2) is 35.2 Å². The molecule has 0 aromatic heterocycles. The Morgan fingerprint density at radius 2 is 1.92 bits per heavy atom. The molecule has 1 aliphatic heterocycles. The van der Waals surface area contributed by atoms with Gasteiger partial charge in [0.1, 0.15) is 0 Å². The van der Waals surface area contributed by atoms with E-state index in [9.17, 15) is 0 Å². The lowest BCUT2D eigenvalue weighted by atomic mass is 10.0. The first-order valence-corrected chi connectivity index (χ1v) is 4.87. The highest BCUT2D eigenvalue weighted by Crippen LogP contribution is 2.21. The number of rotatable bonds is 1. The summed E-state index contributed by atoms with van der Waals surface area (Å²) in [5.41, 5.74) is 2.68. The Morgan fingerprint density at radius 1 is 1.15 bits per heavy atom. The minimum atomic E-state index is 0.748. The van der Waals surface area contributed by atoms with E-state index in [2.05, 4.69) is 30.8 Å². The van der Waals surface area contributed by atoms with E-state index in [1.54, 1.807) is 0 Å². The monoisotopic (exact) mass is 192 g/mol. The third-order valence-electron chi connectivity index (χ3n) is 2.20. The average molecular weight is 192 g/mol. The number of benzene rings is 1. The van der Waals surface area contributed by atoms with Crippen LogP contribution in [-0.2, 0) is 4.74 Å². The standard InChI is InChI=1S/C11H12OS/c13-11-3-1-9(2-4-11)10-5-7-12-8-6-10/h1-5,13H,6-8H2. The van der Waals surface area contributed by atoms with Crippen molar-refractivity contribution in [2.75, 3.05) is 13.2 Å². The molecular formula is C11H12OS. The van der Waals surface area contributed by atoms with Gasteiger partial charge in [0.2, 0.25) is 0 Å². The molecule has 1 heterocycles. The van der Waals surface area contributed by atoms with Gasteiger partial charge in [0, 0.05) is 4.90 Å². The Balaban J connectivity index is 2.24. The maximum absolute atomic E-state index is 5.25. The Labute approximate surface area is 83.8 Å². The zero-order chi connectivity index (χ0) is 9.10. The molecule has 0 fully saturated rings. The highest BCUT2D eigenvalue weighted by Gasteiger charge is 2.05. The van der Waals surface area contributed by atoms with Crippen LogP contribution in [0.2, 0.25) is 0 Å². The van der Waals surface area contributed by atoms with E-state index >= 15 is 0 Å². The minimum absolute atomic E-state index is 0.748. The molecule has 2 heteroatoms. The first-order chi connectivity index (χ1) is 6.36. The van der Waals surface area contributed by atoms with Gasteiger partial charge in [-0.15, -0.1) is 12.6 Å². The largest absolute Gasteiger partial charge is 0.377 e. The smallest absolute Gasteiger partial charge is 0.0653 e. The molecule has 1 aromatic carbocycles. The van der Waals surface area contributed by atoms with Crippen molar-refractivity contribution >= 4 is 18.2 Å². The zero-order valence-corrected chi connectivity index (χ0v) is 8.26. The first-order valence-electron chi connectivity index (χ1n) is 4.42. The summed E-state index contributed by atoms with van der Waals surface area (Å²) in [6.45, 7) is 1.59. The molecular weight excluding hydrogens is 180 g/mol. The van der Waals surface area contributed by atoms with Crippen LogP contribution in [0.1, 0.15) is 12.0 Å². The lowest BCUT2D eigenvalue weighted by Crippen LogP contribution is -2.03. The predicted octanol–water partition coefficient (Wildman–Crippen LogP) is 2.78. The van der Waals surface area contributed by atoms with Crippen LogP contribution in [0.4, 0.5) is 0 Å². The zero-order valence-electron chi connectivity index (χ0n) is 7.36. The molecule has 0 radical (unpaired) electrons. The predicted molar refractivity (Wildman–Crippen MR) is 57.1 cm³/mol. The molecule has 1 aromatic rings. The van der Waals surface area contributed by atoms with Crippen molar-refractivity contribution in [1.82, 2.24) is 0 Å². The molecule has 2 rings (SSSR count). The van der Waals surface area contributed by atoms with Gasteiger partial charge in [-0.2, -0.15) is 0 Å². The summed E-state index contributed by atoms with van der Waals surface area (Å²) in [6, 6.07) is 8.27. The maximum Gasteiger partial charge on any atom is 0.0653 e. The van der Waals surface area contributed by atoms with Crippen LogP contribution < -0.4 is 0 Å². The minimum Gasteiger partial charge on any atom is -0.377 e. The van der Waals surface area contributed by atoms with Crippen LogP contribution in [0.5, 0.6) is 0 Å². The molecule has 0 saturated carbocycles. The van der Waals surface area contributed by atoms with Gasteiger partial charge in [-0.3, -0.25) is 0 Å². The van der Waals surface area contributed by atoms with Gasteiger partial charge in [0.05, 0.1) is 13.2 Å². The fourth-order valence-electron chi connectivity index (χ4n) is 1.46. The second-order valence-corrected chi connectivity index (χ2v) is 3.62. The number of ether oxygens (including phenoxy) is 1. The van der Waals surface area contributed by atoms with Gasteiger partial charge in [-0.25, -0.2) is 0 Å². The highest BCUT2D eigenvalue weighted by molar-refractivity contribution is 7.80. The lowest BCUT2D eigenvalue weighted by molar-refractivity contribution is 0.161. The van der Waals surface area contributed by atoms with Gasteiger partial charge < -0.3 is 4.74 Å². The van der Waals surface area contributed by atoms with Crippen LogP contribution in [-0.4, -0.2) is 13.2 Å². The van der Waals surface area contributed by atoms with Gasteiger partial charge in [-0.05, 0) is 29.7 Å². The molecule has 0 aliphatic carbocycles. The van der Waals surface area contributed by atoms with Crippen LogP contribution >= 0.6 is 12.6 Å². The van der Waals surface area contributed by atoms with Crippen LogP contribution in [0, 0.1) is 0 Å². The second-order valence-electron chi connectivity index (χ2n) is 3.10. The van der Waals surface area contributed by atoms with E-state index < -0.39 is 0 Å². The Morgan fingerprint density at radius 3 is 2.54 bits per heavy atom. The molecule has 0 bridgehead atoms. The molecule has 1 nitrogen and oxygen atoms in total. The number of hydrogen-bond acceptors (Lipinski definition) is 2. The van der Waals surface area contributed by atoms with E-state index in [-0.39, 0.29) is 0 Å². The molecule has 0 atom stereocenters. The van der Waals surface area contributed by atoms with Crippen molar-refractivity contribution in [2.45, 2.75) is 11.3 Å². The summed E-state index contributed by atoms with van der Waals surface area (Å²) in [7, 11) is 0. The quantitative estimate of drug-likeness (QED) is 0.673. The molecule has 0 unspecified atom stereocenters. The normalized spacial score (nSPS) is 16.8. The number of hydrogen-bond donors (Lipinski definition) is 1. The summed E-state index contributed by atoms with van der Waals surface area (Å²) < 4.78 is 5.25. The van der Waals surface area contributed by atoms with E-state index in [1.807, 2.05) is 12.1 Å². The third-order valence-corrected chi connectivity index (χ3v) is 2.50. The molecule has 68 valence electrons. The fraction of sp³-hybridized carbons (Fsp3) is 0.273. The van der Waals surface area contributed by atoms with Gasteiger partial charge in [0.25, 0.3) is 0 Å². The van der Waals surface area contributed by atoms with Gasteiger partial charge >= 0.3 is 0 Å². The van der Waals surface area contributed by atoms with Crippen LogP contribution in [0.3, 0.4) is 0 Å². The van der Waals surface area contributed by atoms with E-state index in [1.165, 1.54) is 11.1 Å². The molecule has 0 saturated heterocycles. The molecule has 0 spiro atoms. The summed E-state index contributed by atoms with van der Waals surface area (Å²) in [4.78, 5) is 1.01. The molecule has 1 aliphatic rings. The molecule has 13 heavy (non-hydrogen) atoms. The van der Waals surface area contributed by atoms with Crippen molar-refractivity contribution < 1.29 is 4.74 Å². The average Bonchev–Trinajstić information content (AvgIpc) is 2.20. The third kappa shape index (κ3) is 2.14. The maximum atomic E-state index is 5.25. The van der Waals surface area contributed by atoms with E-state index in [0.29, 0.717) is 0 Å². The topological polar surface area (TPSA) is 9.23 Å². The van der Waals surface area contributed by atoms with Gasteiger partial charge in [-0.1, -0.05) is 18.2 Å². The Hall–Kier alpha value is -0.730. The Bertz CT molecular complexity index is 313. The van der Waals surface area contributed by atoms with Crippen molar-refractivity contribution in [3.8, 4) is 0 Å². The van der Waals surface area contributed by atoms with Crippen molar-refractivity contribution in [2.24, 2.45) is 0 Å². The summed E-state index contributed by atoms with van der Waals surface area (Å²) in [5, 5.41) is 0. The Kier molecular flexibility index (Phi) is 2.71. The molecule has 0 N–H and O–H groups in total. The van der Waals surface area contributed by atoms with Gasteiger partial charge in [0.15, 0.2) is 0 Å². The molecule has 0 amide bonds. The lowest BCUT2D eigenvalue weighted by Gasteiger charge is -2.13. The number of thiol groups is 1. The van der Waals surface area contributed by atoms with Crippen molar-refractivity contribution in [3.05, 3.63) is 35.9 Å². The van der Waals surface area contributed by atoms with E-state index in [0.717, 1.165) is 24.5 Å². The SMILES string of the molecule is Sc1ccc(C2=CCOCC2)cc1. The van der Waals surface area contributed by atoms with Crippen LogP contribution in [0.25, 0.3) is 5.57 Å². The van der Waals surface area contributed by atoms with E-state index in [4.69, 9.17) is 4.74 Å². The summed E-state index contributed by atoms with van der Waals surface area (Å²) in [5.74, 6) is 0. The fourth-order valence-corrected chi connectivity index (χ4v) is 1.61. The second kappa shape index (κ2) is 3.99. The summed E-state index contributed by atoms with van der Waals surface area (Å²) >= 11 is 4.25. The highest BCUT2D eigenvalue weighted by atomic mass is 32.1. The first kappa shape index (κ1) is 8.85.